The monoisotopic (exact) mass is 267 g/mol. The second kappa shape index (κ2) is 6.43. The number of benzene rings is 1. The number of nitrogens with zero attached hydrogens (tertiary/aromatic N) is 1. The number of rotatable bonds is 5. The molecule has 2 rings (SSSR count). The van der Waals surface area contributed by atoms with E-state index in [9.17, 15) is 9.59 Å². The molecule has 0 aliphatic heterocycles. The van der Waals surface area contributed by atoms with Gasteiger partial charge in [-0.1, -0.05) is 24.3 Å². The number of carbonyl (C=O) groups excluding carboxylic acids is 1. The van der Waals surface area contributed by atoms with Crippen LogP contribution in [0.25, 0.3) is 6.08 Å². The molecule has 0 atom stereocenters. The number of hydrogen-bond donors (Lipinski definition) is 1. The van der Waals surface area contributed by atoms with E-state index in [2.05, 4.69) is 4.98 Å². The summed E-state index contributed by atoms with van der Waals surface area (Å²) in [6, 6.07) is 12.1. The third kappa shape index (κ3) is 3.88. The summed E-state index contributed by atoms with van der Waals surface area (Å²) >= 11 is 0. The Labute approximate surface area is 116 Å². The van der Waals surface area contributed by atoms with E-state index in [-0.39, 0.29) is 12.2 Å². The summed E-state index contributed by atoms with van der Waals surface area (Å²) in [6.07, 6.45) is 4.62. The van der Waals surface area contributed by atoms with E-state index in [0.29, 0.717) is 16.8 Å². The SMILES string of the molecule is O=C(O)Cc1cccc(C(=O)C=Cc2ccccn2)c1. The minimum atomic E-state index is -0.918. The van der Waals surface area contributed by atoms with Crippen molar-refractivity contribution in [2.45, 2.75) is 6.42 Å². The van der Waals surface area contributed by atoms with Crippen molar-refractivity contribution in [3.8, 4) is 0 Å². The number of carboxylic acid groups (broad SMARTS) is 1. The normalized spacial score (nSPS) is 10.6. The van der Waals surface area contributed by atoms with Crippen molar-refractivity contribution in [1.82, 2.24) is 4.98 Å². The fraction of sp³-hybridized carbons (Fsp3) is 0.0625. The maximum atomic E-state index is 12.0. The van der Waals surface area contributed by atoms with E-state index in [1.54, 1.807) is 48.7 Å². The Kier molecular flexibility index (Phi) is 4.39. The lowest BCUT2D eigenvalue weighted by Gasteiger charge is -2.00. The van der Waals surface area contributed by atoms with Crippen molar-refractivity contribution < 1.29 is 14.7 Å². The van der Waals surface area contributed by atoms with Gasteiger partial charge in [-0.15, -0.1) is 0 Å². The molecular formula is C16H13NO3. The van der Waals surface area contributed by atoms with Crippen molar-refractivity contribution in [2.75, 3.05) is 0 Å². The average molecular weight is 267 g/mol. The van der Waals surface area contributed by atoms with E-state index in [4.69, 9.17) is 5.11 Å². The van der Waals surface area contributed by atoms with Crippen molar-refractivity contribution in [3.05, 3.63) is 71.6 Å². The lowest BCUT2D eigenvalue weighted by molar-refractivity contribution is -0.136. The van der Waals surface area contributed by atoms with Crippen molar-refractivity contribution >= 4 is 17.8 Å². The first-order valence-electron chi connectivity index (χ1n) is 6.09. The van der Waals surface area contributed by atoms with Crippen LogP contribution in [0, 0.1) is 0 Å². The minimum absolute atomic E-state index is 0.0922. The largest absolute Gasteiger partial charge is 0.481 e. The molecule has 100 valence electrons. The molecule has 0 saturated carbocycles. The maximum Gasteiger partial charge on any atom is 0.307 e. The fourth-order valence-corrected chi connectivity index (χ4v) is 1.74. The van der Waals surface area contributed by atoms with Crippen LogP contribution in [0.1, 0.15) is 21.6 Å². The summed E-state index contributed by atoms with van der Waals surface area (Å²) in [5.41, 5.74) is 1.77. The summed E-state index contributed by atoms with van der Waals surface area (Å²) in [7, 11) is 0. The zero-order valence-electron chi connectivity index (χ0n) is 10.7. The van der Waals surface area contributed by atoms with Gasteiger partial charge in [0, 0.05) is 11.8 Å². The molecule has 0 amide bonds. The van der Waals surface area contributed by atoms with Crippen molar-refractivity contribution in [3.63, 3.8) is 0 Å². The summed E-state index contributed by atoms with van der Waals surface area (Å²) < 4.78 is 0. The van der Waals surface area contributed by atoms with Crippen LogP contribution in [-0.4, -0.2) is 21.8 Å². The van der Waals surface area contributed by atoms with Crippen LogP contribution in [0.4, 0.5) is 0 Å². The molecule has 0 spiro atoms. The number of ketones is 1. The number of carbonyl (C=O) groups is 2. The zero-order valence-corrected chi connectivity index (χ0v) is 10.7. The predicted octanol–water partition coefficient (Wildman–Crippen LogP) is 2.60. The molecular weight excluding hydrogens is 254 g/mol. The van der Waals surface area contributed by atoms with E-state index in [1.165, 1.54) is 6.08 Å². The maximum absolute atomic E-state index is 12.0. The van der Waals surface area contributed by atoms with Gasteiger partial charge in [0.1, 0.15) is 0 Å². The first kappa shape index (κ1) is 13.7. The number of aliphatic carboxylic acids is 1. The molecule has 0 radical (unpaired) electrons. The zero-order chi connectivity index (χ0) is 14.4. The van der Waals surface area contributed by atoms with Gasteiger partial charge in [0.2, 0.25) is 0 Å². The minimum Gasteiger partial charge on any atom is -0.481 e. The molecule has 1 aromatic carbocycles. The standard InChI is InChI=1S/C16H13NO3/c18-15(8-7-14-6-1-2-9-17-14)13-5-3-4-12(10-13)11-16(19)20/h1-10H,11H2,(H,19,20). The molecule has 0 bridgehead atoms. The third-order valence-corrected chi connectivity index (χ3v) is 2.66. The van der Waals surface area contributed by atoms with Crippen molar-refractivity contribution in [1.29, 1.82) is 0 Å². The van der Waals surface area contributed by atoms with Gasteiger partial charge in [-0.05, 0) is 35.9 Å². The highest BCUT2D eigenvalue weighted by Crippen LogP contribution is 2.08. The van der Waals surface area contributed by atoms with Crippen LogP contribution in [0.15, 0.2) is 54.7 Å². The molecule has 4 nitrogen and oxygen atoms in total. The summed E-state index contributed by atoms with van der Waals surface area (Å²) in [6.45, 7) is 0. The van der Waals surface area contributed by atoms with Crippen molar-refractivity contribution in [2.24, 2.45) is 0 Å². The lowest BCUT2D eigenvalue weighted by atomic mass is 10.0. The van der Waals surface area contributed by atoms with E-state index < -0.39 is 5.97 Å². The molecule has 0 saturated heterocycles. The Bertz CT molecular complexity index is 648. The quantitative estimate of drug-likeness (QED) is 0.668. The Hall–Kier alpha value is -2.75. The first-order valence-corrected chi connectivity index (χ1v) is 6.09. The second-order valence-corrected chi connectivity index (χ2v) is 4.22. The predicted molar refractivity (Wildman–Crippen MR) is 75.4 cm³/mol. The Morgan fingerprint density at radius 2 is 2.00 bits per heavy atom. The summed E-state index contributed by atoms with van der Waals surface area (Å²) in [5, 5.41) is 8.74. The molecule has 0 fully saturated rings. The first-order chi connectivity index (χ1) is 9.65. The number of allylic oxidation sites excluding steroid dienone is 1. The molecule has 20 heavy (non-hydrogen) atoms. The fourth-order valence-electron chi connectivity index (χ4n) is 1.74. The van der Waals surface area contributed by atoms with Gasteiger partial charge in [-0.3, -0.25) is 14.6 Å². The highest BCUT2D eigenvalue weighted by Gasteiger charge is 2.05. The molecule has 0 unspecified atom stereocenters. The van der Waals surface area contributed by atoms with Gasteiger partial charge < -0.3 is 5.11 Å². The summed E-state index contributed by atoms with van der Waals surface area (Å²) in [4.78, 5) is 26.7. The lowest BCUT2D eigenvalue weighted by Crippen LogP contribution is -2.02. The highest BCUT2D eigenvalue weighted by molar-refractivity contribution is 6.06. The molecule has 0 aliphatic rings. The van der Waals surface area contributed by atoms with Gasteiger partial charge in [0.15, 0.2) is 5.78 Å². The number of carboxylic acids is 1. The van der Waals surface area contributed by atoms with Gasteiger partial charge in [-0.25, -0.2) is 0 Å². The Balaban J connectivity index is 2.13. The summed E-state index contributed by atoms with van der Waals surface area (Å²) in [5.74, 6) is -1.10. The van der Waals surface area contributed by atoms with Crippen LogP contribution < -0.4 is 0 Å². The van der Waals surface area contributed by atoms with Crippen LogP contribution in [0.2, 0.25) is 0 Å². The van der Waals surface area contributed by atoms with E-state index >= 15 is 0 Å². The number of pyridine rings is 1. The molecule has 2 aromatic rings. The van der Waals surface area contributed by atoms with E-state index in [1.807, 2.05) is 6.07 Å². The highest BCUT2D eigenvalue weighted by atomic mass is 16.4. The molecule has 1 heterocycles. The van der Waals surface area contributed by atoms with Gasteiger partial charge in [0.05, 0.1) is 12.1 Å². The number of aromatic nitrogens is 1. The molecule has 1 aromatic heterocycles. The molecule has 1 N–H and O–H groups in total. The average Bonchev–Trinajstić information content (AvgIpc) is 2.45. The van der Waals surface area contributed by atoms with Gasteiger partial charge in [0.25, 0.3) is 0 Å². The van der Waals surface area contributed by atoms with Crippen LogP contribution in [0.3, 0.4) is 0 Å². The molecule has 0 aliphatic carbocycles. The third-order valence-electron chi connectivity index (χ3n) is 2.66. The molecule has 4 heteroatoms. The Morgan fingerprint density at radius 1 is 1.15 bits per heavy atom. The smallest absolute Gasteiger partial charge is 0.307 e. The van der Waals surface area contributed by atoms with Gasteiger partial charge >= 0.3 is 5.97 Å². The Morgan fingerprint density at radius 3 is 2.70 bits per heavy atom. The van der Waals surface area contributed by atoms with Crippen LogP contribution >= 0.6 is 0 Å². The van der Waals surface area contributed by atoms with Gasteiger partial charge in [-0.2, -0.15) is 0 Å². The second-order valence-electron chi connectivity index (χ2n) is 4.22. The van der Waals surface area contributed by atoms with Crippen LogP contribution in [-0.2, 0) is 11.2 Å². The topological polar surface area (TPSA) is 67.3 Å². The van der Waals surface area contributed by atoms with E-state index in [0.717, 1.165) is 0 Å². The van der Waals surface area contributed by atoms with Crippen LogP contribution in [0.5, 0.6) is 0 Å². The number of hydrogen-bond acceptors (Lipinski definition) is 3.